The van der Waals surface area contributed by atoms with Crippen molar-refractivity contribution in [1.29, 1.82) is 0 Å². The van der Waals surface area contributed by atoms with Gasteiger partial charge in [0.2, 0.25) is 0 Å². The first-order valence-electron chi connectivity index (χ1n) is 6.33. The molecule has 0 spiro atoms. The molecule has 1 unspecified atom stereocenters. The maximum absolute atomic E-state index is 12.4. The molecular weight excluding hydrogens is 242 g/mol. The molecule has 0 bridgehead atoms. The van der Waals surface area contributed by atoms with Gasteiger partial charge in [-0.25, -0.2) is 0 Å². The molecule has 0 saturated carbocycles. The smallest absolute Gasteiger partial charge is 0.146 e. The Hall–Kier alpha value is -2.17. The SMILES string of the molecule is Cn1cc(CC(=O)C2CCOc3ccccc32)nn1. The van der Waals surface area contributed by atoms with Gasteiger partial charge < -0.3 is 4.74 Å². The molecule has 19 heavy (non-hydrogen) atoms. The molecule has 0 aliphatic carbocycles. The van der Waals surface area contributed by atoms with Crippen LogP contribution in [-0.4, -0.2) is 27.4 Å². The van der Waals surface area contributed by atoms with Crippen LogP contribution in [0.5, 0.6) is 5.75 Å². The Morgan fingerprint density at radius 1 is 1.47 bits per heavy atom. The highest BCUT2D eigenvalue weighted by atomic mass is 16.5. The molecule has 0 N–H and O–H groups in total. The number of hydrogen-bond acceptors (Lipinski definition) is 4. The highest BCUT2D eigenvalue weighted by Gasteiger charge is 2.27. The van der Waals surface area contributed by atoms with Crippen LogP contribution in [-0.2, 0) is 18.3 Å². The van der Waals surface area contributed by atoms with Gasteiger partial charge in [0, 0.05) is 24.7 Å². The number of benzene rings is 1. The Morgan fingerprint density at radius 3 is 3.11 bits per heavy atom. The van der Waals surface area contributed by atoms with Crippen LogP contribution in [0.2, 0.25) is 0 Å². The van der Waals surface area contributed by atoms with E-state index in [4.69, 9.17) is 4.74 Å². The molecule has 5 nitrogen and oxygen atoms in total. The molecule has 0 radical (unpaired) electrons. The first-order valence-corrected chi connectivity index (χ1v) is 6.33. The van der Waals surface area contributed by atoms with Crippen LogP contribution in [0.15, 0.2) is 30.5 Å². The van der Waals surface area contributed by atoms with E-state index in [2.05, 4.69) is 10.3 Å². The lowest BCUT2D eigenvalue weighted by Crippen LogP contribution is -2.22. The van der Waals surface area contributed by atoms with Gasteiger partial charge in [-0.1, -0.05) is 23.4 Å². The van der Waals surface area contributed by atoms with Crippen molar-refractivity contribution in [2.75, 3.05) is 6.61 Å². The normalized spacial score (nSPS) is 17.6. The molecule has 2 aromatic rings. The molecule has 1 aromatic heterocycles. The van der Waals surface area contributed by atoms with Crippen LogP contribution in [0.25, 0.3) is 0 Å². The lowest BCUT2D eigenvalue weighted by Gasteiger charge is -2.24. The van der Waals surface area contributed by atoms with E-state index >= 15 is 0 Å². The first kappa shape index (κ1) is 11.9. The lowest BCUT2D eigenvalue weighted by molar-refractivity contribution is -0.120. The molecule has 98 valence electrons. The van der Waals surface area contributed by atoms with Crippen molar-refractivity contribution in [2.24, 2.45) is 7.05 Å². The van der Waals surface area contributed by atoms with Gasteiger partial charge in [0.15, 0.2) is 0 Å². The highest BCUT2D eigenvalue weighted by Crippen LogP contribution is 2.34. The van der Waals surface area contributed by atoms with Crippen molar-refractivity contribution < 1.29 is 9.53 Å². The number of aryl methyl sites for hydroxylation is 1. The Kier molecular flexibility index (Phi) is 3.03. The van der Waals surface area contributed by atoms with Crippen LogP contribution >= 0.6 is 0 Å². The number of carbonyl (C=O) groups is 1. The van der Waals surface area contributed by atoms with Gasteiger partial charge in [0.25, 0.3) is 0 Å². The summed E-state index contributed by atoms with van der Waals surface area (Å²) in [5.41, 5.74) is 1.71. The fourth-order valence-electron chi connectivity index (χ4n) is 2.45. The summed E-state index contributed by atoms with van der Waals surface area (Å²) in [6.45, 7) is 0.591. The Bertz CT molecular complexity index is 606. The molecule has 5 heteroatoms. The van der Waals surface area contributed by atoms with E-state index in [0.29, 0.717) is 13.0 Å². The van der Waals surface area contributed by atoms with Crippen molar-refractivity contribution in [2.45, 2.75) is 18.8 Å². The summed E-state index contributed by atoms with van der Waals surface area (Å²) in [6, 6.07) is 7.75. The van der Waals surface area contributed by atoms with Crippen molar-refractivity contribution >= 4 is 5.78 Å². The van der Waals surface area contributed by atoms with Crippen molar-refractivity contribution in [3.8, 4) is 5.75 Å². The molecule has 1 atom stereocenters. The summed E-state index contributed by atoms with van der Waals surface area (Å²) in [4.78, 5) is 12.4. The van der Waals surface area contributed by atoms with Gasteiger partial charge in [-0.15, -0.1) is 5.10 Å². The predicted octanol–water partition coefficient (Wildman–Crippen LogP) is 1.49. The molecule has 1 aromatic carbocycles. The summed E-state index contributed by atoms with van der Waals surface area (Å²) < 4.78 is 7.19. The van der Waals surface area contributed by atoms with Gasteiger partial charge in [0.1, 0.15) is 11.5 Å². The number of nitrogens with zero attached hydrogens (tertiary/aromatic N) is 3. The second-order valence-corrected chi connectivity index (χ2v) is 4.75. The number of carbonyl (C=O) groups excluding carboxylic acids is 1. The van der Waals surface area contributed by atoms with E-state index in [1.165, 1.54) is 0 Å². The average Bonchev–Trinajstić information content (AvgIpc) is 2.83. The number of Topliss-reactive ketones (excluding diaryl/α,β-unsaturated/α-hetero) is 1. The maximum atomic E-state index is 12.4. The molecule has 2 heterocycles. The van der Waals surface area contributed by atoms with Crippen LogP contribution in [0.4, 0.5) is 0 Å². The number of ether oxygens (including phenoxy) is 1. The van der Waals surface area contributed by atoms with Crippen LogP contribution in [0.3, 0.4) is 0 Å². The summed E-state index contributed by atoms with van der Waals surface area (Å²) in [7, 11) is 1.80. The third-order valence-electron chi connectivity index (χ3n) is 3.35. The Labute approximate surface area is 111 Å². The fraction of sp³-hybridized carbons (Fsp3) is 0.357. The molecule has 0 saturated heterocycles. The van der Waals surface area contributed by atoms with E-state index in [1.54, 1.807) is 17.9 Å². The van der Waals surface area contributed by atoms with Crippen molar-refractivity contribution in [3.63, 3.8) is 0 Å². The molecule has 0 amide bonds. The third-order valence-corrected chi connectivity index (χ3v) is 3.35. The van der Waals surface area contributed by atoms with Crippen molar-refractivity contribution in [1.82, 2.24) is 15.0 Å². The van der Waals surface area contributed by atoms with Crippen LogP contribution in [0, 0.1) is 0 Å². The third kappa shape index (κ3) is 2.36. The number of aromatic nitrogens is 3. The number of para-hydroxylation sites is 1. The molecular formula is C14H15N3O2. The fourth-order valence-corrected chi connectivity index (χ4v) is 2.45. The van der Waals surface area contributed by atoms with Gasteiger partial charge in [-0.2, -0.15) is 0 Å². The zero-order valence-corrected chi connectivity index (χ0v) is 10.7. The first-order chi connectivity index (χ1) is 9.24. The van der Waals surface area contributed by atoms with Crippen LogP contribution < -0.4 is 4.74 Å². The monoisotopic (exact) mass is 257 g/mol. The number of fused-ring (bicyclic) bond motifs is 1. The minimum atomic E-state index is -0.0908. The van der Waals surface area contributed by atoms with Gasteiger partial charge in [0.05, 0.1) is 18.7 Å². The van der Waals surface area contributed by atoms with E-state index in [-0.39, 0.29) is 11.7 Å². The quantitative estimate of drug-likeness (QED) is 0.836. The molecule has 1 aliphatic heterocycles. The zero-order valence-electron chi connectivity index (χ0n) is 10.7. The van der Waals surface area contributed by atoms with E-state index in [9.17, 15) is 4.79 Å². The molecule has 1 aliphatic rings. The zero-order chi connectivity index (χ0) is 13.2. The Morgan fingerprint density at radius 2 is 2.32 bits per heavy atom. The number of ketones is 1. The molecule has 3 rings (SSSR count). The molecule has 0 fully saturated rings. The number of hydrogen-bond donors (Lipinski definition) is 0. The predicted molar refractivity (Wildman–Crippen MR) is 69.0 cm³/mol. The maximum Gasteiger partial charge on any atom is 0.146 e. The summed E-state index contributed by atoms with van der Waals surface area (Å²) in [5, 5.41) is 7.82. The van der Waals surface area contributed by atoms with Gasteiger partial charge in [-0.05, 0) is 12.5 Å². The van der Waals surface area contributed by atoms with Crippen molar-refractivity contribution in [3.05, 3.63) is 41.7 Å². The van der Waals surface area contributed by atoms with Gasteiger partial charge >= 0.3 is 0 Å². The van der Waals surface area contributed by atoms with E-state index in [1.807, 2.05) is 24.3 Å². The topological polar surface area (TPSA) is 57.0 Å². The Balaban J connectivity index is 1.81. The summed E-state index contributed by atoms with van der Waals surface area (Å²) in [5.74, 6) is 0.912. The number of rotatable bonds is 3. The standard InChI is InChI=1S/C14H15N3O2/c1-17-9-10(15-16-17)8-13(18)11-6-7-19-14-5-3-2-4-12(11)14/h2-5,9,11H,6-8H2,1H3. The van der Waals surface area contributed by atoms with Crippen LogP contribution in [0.1, 0.15) is 23.6 Å². The minimum absolute atomic E-state index is 0.0908. The lowest BCUT2D eigenvalue weighted by atomic mass is 9.87. The highest BCUT2D eigenvalue weighted by molar-refractivity contribution is 5.88. The second kappa shape index (κ2) is 4.84. The summed E-state index contributed by atoms with van der Waals surface area (Å²) in [6.07, 6.45) is 2.84. The largest absolute Gasteiger partial charge is 0.493 e. The minimum Gasteiger partial charge on any atom is -0.493 e. The van der Waals surface area contributed by atoms with Gasteiger partial charge in [-0.3, -0.25) is 9.48 Å². The average molecular weight is 257 g/mol. The van der Waals surface area contributed by atoms with E-state index < -0.39 is 0 Å². The van der Waals surface area contributed by atoms with E-state index in [0.717, 1.165) is 23.4 Å². The second-order valence-electron chi connectivity index (χ2n) is 4.75. The summed E-state index contributed by atoms with van der Waals surface area (Å²) >= 11 is 0.